The molecule has 0 aromatic carbocycles. The van der Waals surface area contributed by atoms with E-state index in [1.807, 2.05) is 0 Å². The van der Waals surface area contributed by atoms with E-state index in [1.54, 1.807) is 29.3 Å². The first-order chi connectivity index (χ1) is 11.7. The molecule has 2 aromatic heterocycles. The van der Waals surface area contributed by atoms with Crippen LogP contribution in [0, 0.1) is 0 Å². The molecular formula is C17H20N4O3. The van der Waals surface area contributed by atoms with Crippen molar-refractivity contribution in [2.75, 3.05) is 19.6 Å². The number of pyridine rings is 1. The van der Waals surface area contributed by atoms with Gasteiger partial charge in [0.1, 0.15) is 11.2 Å². The molecule has 0 bridgehead atoms. The van der Waals surface area contributed by atoms with Gasteiger partial charge in [-0.25, -0.2) is 4.98 Å². The van der Waals surface area contributed by atoms with Gasteiger partial charge in [-0.1, -0.05) is 12.5 Å². The standard InChI is InChI=1S/C17H20N4O3/c22-15-7-2-1-4-9-20(15)11-8-18-16(23)13-12-19-14-6-3-5-10-21(14)17(13)24/h3,5-6,10,12H,1-2,4,7-9,11H2,(H,18,23). The zero-order valence-corrected chi connectivity index (χ0v) is 13.4. The van der Waals surface area contributed by atoms with Gasteiger partial charge in [-0.2, -0.15) is 0 Å². The molecule has 0 spiro atoms. The van der Waals surface area contributed by atoms with E-state index in [9.17, 15) is 14.4 Å². The summed E-state index contributed by atoms with van der Waals surface area (Å²) in [5, 5.41) is 2.71. The minimum atomic E-state index is -0.465. The first-order valence-corrected chi connectivity index (χ1v) is 8.19. The predicted octanol–water partition coefficient (Wildman–Crippen LogP) is 0.827. The molecule has 3 heterocycles. The Morgan fingerprint density at radius 3 is 2.96 bits per heavy atom. The van der Waals surface area contributed by atoms with Crippen molar-refractivity contribution in [2.24, 2.45) is 0 Å². The Morgan fingerprint density at radius 1 is 1.21 bits per heavy atom. The Hall–Kier alpha value is -2.70. The van der Waals surface area contributed by atoms with E-state index >= 15 is 0 Å². The number of aromatic nitrogens is 2. The first-order valence-electron chi connectivity index (χ1n) is 8.19. The molecule has 1 N–H and O–H groups in total. The highest BCUT2D eigenvalue weighted by Crippen LogP contribution is 2.10. The summed E-state index contributed by atoms with van der Waals surface area (Å²) in [5.41, 5.74) is 0.0963. The number of nitrogens with zero attached hydrogens (tertiary/aromatic N) is 3. The van der Waals surface area contributed by atoms with Crippen molar-refractivity contribution in [3.8, 4) is 0 Å². The summed E-state index contributed by atoms with van der Waals surface area (Å²) in [5.74, 6) is -0.331. The quantitative estimate of drug-likeness (QED) is 0.901. The molecule has 0 aliphatic carbocycles. The molecule has 24 heavy (non-hydrogen) atoms. The van der Waals surface area contributed by atoms with Gasteiger partial charge in [0, 0.05) is 38.4 Å². The fourth-order valence-corrected chi connectivity index (χ4v) is 2.86. The van der Waals surface area contributed by atoms with Crippen molar-refractivity contribution in [1.29, 1.82) is 0 Å². The number of carbonyl (C=O) groups excluding carboxylic acids is 2. The van der Waals surface area contributed by atoms with Crippen LogP contribution in [0.1, 0.15) is 36.0 Å². The maximum atomic E-state index is 12.3. The van der Waals surface area contributed by atoms with Crippen molar-refractivity contribution in [1.82, 2.24) is 19.6 Å². The van der Waals surface area contributed by atoms with Crippen molar-refractivity contribution in [3.05, 3.63) is 46.5 Å². The van der Waals surface area contributed by atoms with E-state index in [4.69, 9.17) is 0 Å². The van der Waals surface area contributed by atoms with Crippen LogP contribution >= 0.6 is 0 Å². The molecule has 1 aliphatic rings. The Balaban J connectivity index is 1.64. The van der Waals surface area contributed by atoms with Crippen molar-refractivity contribution >= 4 is 17.5 Å². The van der Waals surface area contributed by atoms with Crippen LogP contribution in [0.4, 0.5) is 0 Å². The van der Waals surface area contributed by atoms with Gasteiger partial charge in [0.05, 0.1) is 0 Å². The number of hydrogen-bond donors (Lipinski definition) is 1. The number of rotatable bonds is 4. The molecule has 2 aromatic rings. The van der Waals surface area contributed by atoms with Crippen LogP contribution in [0.15, 0.2) is 35.4 Å². The Labute approximate surface area is 139 Å². The lowest BCUT2D eigenvalue weighted by molar-refractivity contribution is -0.130. The molecule has 0 atom stereocenters. The second-order valence-corrected chi connectivity index (χ2v) is 5.85. The van der Waals surface area contributed by atoms with Gasteiger partial charge in [-0.05, 0) is 25.0 Å². The van der Waals surface area contributed by atoms with E-state index < -0.39 is 11.5 Å². The number of likely N-dealkylation sites (tertiary alicyclic amines) is 1. The summed E-state index contributed by atoms with van der Waals surface area (Å²) < 4.78 is 1.34. The number of carbonyl (C=O) groups is 2. The number of fused-ring (bicyclic) bond motifs is 1. The van der Waals surface area contributed by atoms with Crippen LogP contribution < -0.4 is 10.9 Å². The normalized spacial score (nSPS) is 15.3. The lowest BCUT2D eigenvalue weighted by atomic mass is 10.2. The number of hydrogen-bond acceptors (Lipinski definition) is 4. The smallest absolute Gasteiger partial charge is 0.270 e. The zero-order chi connectivity index (χ0) is 16.9. The monoisotopic (exact) mass is 328 g/mol. The molecular weight excluding hydrogens is 308 g/mol. The van der Waals surface area contributed by atoms with Gasteiger partial charge in [0.2, 0.25) is 5.91 Å². The van der Waals surface area contributed by atoms with Gasteiger partial charge >= 0.3 is 0 Å². The average molecular weight is 328 g/mol. The largest absolute Gasteiger partial charge is 0.350 e. The predicted molar refractivity (Wildman–Crippen MR) is 88.8 cm³/mol. The third-order valence-electron chi connectivity index (χ3n) is 4.20. The van der Waals surface area contributed by atoms with Crippen LogP contribution in [0.3, 0.4) is 0 Å². The molecule has 3 rings (SSSR count). The second-order valence-electron chi connectivity index (χ2n) is 5.85. The molecule has 0 saturated carbocycles. The van der Waals surface area contributed by atoms with E-state index in [2.05, 4.69) is 10.3 Å². The summed E-state index contributed by atoms with van der Waals surface area (Å²) in [7, 11) is 0. The minimum Gasteiger partial charge on any atom is -0.350 e. The fourth-order valence-electron chi connectivity index (χ4n) is 2.86. The maximum Gasteiger partial charge on any atom is 0.270 e. The average Bonchev–Trinajstić information content (AvgIpc) is 2.80. The highest BCUT2D eigenvalue weighted by molar-refractivity contribution is 5.93. The fraction of sp³-hybridized carbons (Fsp3) is 0.412. The highest BCUT2D eigenvalue weighted by Gasteiger charge is 2.17. The summed E-state index contributed by atoms with van der Waals surface area (Å²) in [4.78, 5) is 42.4. The highest BCUT2D eigenvalue weighted by atomic mass is 16.2. The Bertz CT molecular complexity index is 815. The maximum absolute atomic E-state index is 12.3. The van der Waals surface area contributed by atoms with E-state index in [0.29, 0.717) is 25.2 Å². The topological polar surface area (TPSA) is 83.8 Å². The lowest BCUT2D eigenvalue weighted by Gasteiger charge is -2.20. The van der Waals surface area contributed by atoms with E-state index in [0.717, 1.165) is 25.8 Å². The van der Waals surface area contributed by atoms with Crippen LogP contribution in [0.2, 0.25) is 0 Å². The van der Waals surface area contributed by atoms with E-state index in [-0.39, 0.29) is 11.5 Å². The van der Waals surface area contributed by atoms with Gasteiger partial charge in [0.25, 0.3) is 11.5 Å². The second kappa shape index (κ2) is 7.25. The molecule has 0 radical (unpaired) electrons. The molecule has 0 unspecified atom stereocenters. The van der Waals surface area contributed by atoms with Crippen molar-refractivity contribution < 1.29 is 9.59 Å². The minimum absolute atomic E-state index is 0.000827. The van der Waals surface area contributed by atoms with E-state index in [1.165, 1.54) is 10.6 Å². The third-order valence-corrected chi connectivity index (χ3v) is 4.20. The third kappa shape index (κ3) is 3.45. The van der Waals surface area contributed by atoms with Crippen molar-refractivity contribution in [3.63, 3.8) is 0 Å². The molecule has 1 saturated heterocycles. The van der Waals surface area contributed by atoms with Gasteiger partial charge in [0.15, 0.2) is 0 Å². The molecule has 7 nitrogen and oxygen atoms in total. The summed E-state index contributed by atoms with van der Waals surface area (Å²) in [6.07, 6.45) is 6.44. The molecule has 126 valence electrons. The van der Waals surface area contributed by atoms with Gasteiger partial charge in [-0.3, -0.25) is 18.8 Å². The van der Waals surface area contributed by atoms with Crippen LogP contribution in [0.25, 0.3) is 5.65 Å². The summed E-state index contributed by atoms with van der Waals surface area (Å²) in [6, 6.07) is 5.19. The molecule has 1 aliphatic heterocycles. The van der Waals surface area contributed by atoms with Crippen LogP contribution in [-0.2, 0) is 4.79 Å². The molecule has 7 heteroatoms. The Kier molecular flexibility index (Phi) is 4.88. The summed E-state index contributed by atoms with van der Waals surface area (Å²) >= 11 is 0. The van der Waals surface area contributed by atoms with Gasteiger partial charge in [-0.15, -0.1) is 0 Å². The first kappa shape index (κ1) is 16.2. The summed E-state index contributed by atoms with van der Waals surface area (Å²) in [6.45, 7) is 1.52. The molecule has 1 fully saturated rings. The van der Waals surface area contributed by atoms with Crippen LogP contribution in [-0.4, -0.2) is 45.7 Å². The lowest BCUT2D eigenvalue weighted by Crippen LogP contribution is -2.39. The number of amides is 2. The molecule has 2 amide bonds. The Morgan fingerprint density at radius 2 is 2.08 bits per heavy atom. The SMILES string of the molecule is O=C(NCCN1CCCCCC1=O)c1cnc2ccccn2c1=O. The van der Waals surface area contributed by atoms with Crippen molar-refractivity contribution in [2.45, 2.75) is 25.7 Å². The van der Waals surface area contributed by atoms with Crippen LogP contribution in [0.5, 0.6) is 0 Å². The zero-order valence-electron chi connectivity index (χ0n) is 13.4. The number of nitrogens with one attached hydrogen (secondary N) is 1. The van der Waals surface area contributed by atoms with Gasteiger partial charge < -0.3 is 10.2 Å².